The standard InChI is InChI=1S/C45H29N5/c1-4-15-30(16-5-1)43-46-44(31-17-6-2-7-18-31)48-45(47-43)50-38-24-12-10-21-35(38)37-29-32(27-28-40(37)50)34-23-14-26-41-42(34)36-22-11-13-25-39(36)49(41)33-19-8-3-9-20-33/h1-29H. The van der Waals surface area contributed by atoms with E-state index in [9.17, 15) is 0 Å². The van der Waals surface area contributed by atoms with E-state index >= 15 is 0 Å². The lowest BCUT2D eigenvalue weighted by atomic mass is 9.98. The van der Waals surface area contributed by atoms with E-state index < -0.39 is 0 Å². The van der Waals surface area contributed by atoms with Crippen LogP contribution in [0.2, 0.25) is 0 Å². The van der Waals surface area contributed by atoms with Gasteiger partial charge >= 0.3 is 0 Å². The molecule has 0 saturated carbocycles. The molecule has 0 N–H and O–H groups in total. The summed E-state index contributed by atoms with van der Waals surface area (Å²) < 4.78 is 4.55. The molecule has 5 nitrogen and oxygen atoms in total. The van der Waals surface area contributed by atoms with E-state index in [4.69, 9.17) is 15.0 Å². The molecule has 0 radical (unpaired) electrons. The predicted octanol–water partition coefficient (Wildman–Crippen LogP) is 11.1. The molecule has 0 spiro atoms. The largest absolute Gasteiger partial charge is 0.309 e. The highest BCUT2D eigenvalue weighted by molar-refractivity contribution is 6.17. The Labute approximate surface area is 288 Å². The molecule has 0 aliphatic rings. The van der Waals surface area contributed by atoms with Crippen LogP contribution in [0.4, 0.5) is 0 Å². The van der Waals surface area contributed by atoms with Gasteiger partial charge in [0.25, 0.3) is 0 Å². The number of rotatable bonds is 5. The Morgan fingerprint density at radius 3 is 1.56 bits per heavy atom. The van der Waals surface area contributed by atoms with Crippen LogP contribution >= 0.6 is 0 Å². The Kier molecular flexibility index (Phi) is 6.42. The van der Waals surface area contributed by atoms with E-state index in [0.29, 0.717) is 17.6 Å². The molecule has 0 bridgehead atoms. The monoisotopic (exact) mass is 639 g/mol. The van der Waals surface area contributed by atoms with Crippen LogP contribution in [-0.2, 0) is 0 Å². The lowest BCUT2D eigenvalue weighted by molar-refractivity contribution is 0.953. The molecule has 0 aliphatic heterocycles. The number of hydrogen-bond donors (Lipinski definition) is 0. The van der Waals surface area contributed by atoms with Crippen LogP contribution in [-0.4, -0.2) is 24.1 Å². The van der Waals surface area contributed by atoms with Crippen molar-refractivity contribution in [1.29, 1.82) is 0 Å². The Hall–Kier alpha value is -6.85. The van der Waals surface area contributed by atoms with E-state index in [1.165, 1.54) is 27.4 Å². The van der Waals surface area contributed by atoms with Gasteiger partial charge < -0.3 is 4.57 Å². The zero-order chi connectivity index (χ0) is 33.0. The second-order valence-corrected chi connectivity index (χ2v) is 12.5. The third-order valence-corrected chi connectivity index (χ3v) is 9.58. The molecule has 234 valence electrons. The molecule has 0 saturated heterocycles. The smallest absolute Gasteiger partial charge is 0.238 e. The molecule has 50 heavy (non-hydrogen) atoms. The fraction of sp³-hybridized carbons (Fsp3) is 0. The number of para-hydroxylation sites is 3. The van der Waals surface area contributed by atoms with Crippen LogP contribution in [0, 0.1) is 0 Å². The van der Waals surface area contributed by atoms with Gasteiger partial charge in [0.1, 0.15) is 0 Å². The van der Waals surface area contributed by atoms with Gasteiger partial charge in [0, 0.05) is 38.4 Å². The molecular weight excluding hydrogens is 611 g/mol. The van der Waals surface area contributed by atoms with Crippen molar-refractivity contribution in [2.45, 2.75) is 0 Å². The summed E-state index contributed by atoms with van der Waals surface area (Å²) >= 11 is 0. The number of benzene rings is 7. The third-order valence-electron chi connectivity index (χ3n) is 9.58. The van der Waals surface area contributed by atoms with Crippen LogP contribution in [0.15, 0.2) is 176 Å². The van der Waals surface area contributed by atoms with Crippen LogP contribution in [0.5, 0.6) is 0 Å². The minimum Gasteiger partial charge on any atom is -0.309 e. The molecule has 10 rings (SSSR count). The Balaban J connectivity index is 1.22. The maximum atomic E-state index is 5.10. The van der Waals surface area contributed by atoms with E-state index in [1.807, 2.05) is 60.7 Å². The first-order valence-electron chi connectivity index (χ1n) is 16.8. The van der Waals surface area contributed by atoms with Gasteiger partial charge in [0.05, 0.1) is 22.1 Å². The fourth-order valence-electron chi connectivity index (χ4n) is 7.37. The van der Waals surface area contributed by atoms with Crippen LogP contribution in [0.25, 0.3) is 89.2 Å². The van der Waals surface area contributed by atoms with Gasteiger partial charge in [0.2, 0.25) is 5.95 Å². The summed E-state index contributed by atoms with van der Waals surface area (Å²) in [5.41, 5.74) is 9.86. The average molecular weight is 640 g/mol. The van der Waals surface area contributed by atoms with Crippen molar-refractivity contribution in [2.24, 2.45) is 0 Å². The topological polar surface area (TPSA) is 48.5 Å². The van der Waals surface area contributed by atoms with E-state index in [1.54, 1.807) is 0 Å². The molecule has 3 heterocycles. The summed E-state index contributed by atoms with van der Waals surface area (Å²) in [4.78, 5) is 15.1. The first-order chi connectivity index (χ1) is 24.8. The highest BCUT2D eigenvalue weighted by atomic mass is 15.2. The van der Waals surface area contributed by atoms with Gasteiger partial charge in [-0.05, 0) is 53.6 Å². The lowest BCUT2D eigenvalue weighted by Gasteiger charge is -2.11. The first kappa shape index (κ1) is 28.2. The van der Waals surface area contributed by atoms with Crippen LogP contribution in [0.3, 0.4) is 0 Å². The highest BCUT2D eigenvalue weighted by Gasteiger charge is 2.20. The zero-order valence-corrected chi connectivity index (χ0v) is 27.0. The van der Waals surface area contributed by atoms with Gasteiger partial charge in [-0.1, -0.05) is 133 Å². The zero-order valence-electron chi connectivity index (χ0n) is 27.0. The van der Waals surface area contributed by atoms with Crippen molar-refractivity contribution in [3.63, 3.8) is 0 Å². The minimum absolute atomic E-state index is 0.588. The molecule has 0 atom stereocenters. The molecule has 7 aromatic carbocycles. The second kappa shape index (κ2) is 11.4. The number of nitrogens with zero attached hydrogens (tertiary/aromatic N) is 5. The Bertz CT molecular complexity index is 2800. The van der Waals surface area contributed by atoms with Gasteiger partial charge in [0.15, 0.2) is 11.6 Å². The second-order valence-electron chi connectivity index (χ2n) is 12.5. The number of fused-ring (bicyclic) bond motifs is 6. The summed E-state index contributed by atoms with van der Waals surface area (Å²) in [5.74, 6) is 1.86. The Morgan fingerprint density at radius 2 is 0.880 bits per heavy atom. The van der Waals surface area contributed by atoms with Gasteiger partial charge in [-0.2, -0.15) is 9.97 Å². The number of aromatic nitrogens is 5. The molecule has 5 heteroatoms. The van der Waals surface area contributed by atoms with Crippen molar-refractivity contribution in [2.75, 3.05) is 0 Å². The van der Waals surface area contributed by atoms with Gasteiger partial charge in [-0.3, -0.25) is 4.57 Å². The summed E-state index contributed by atoms with van der Waals surface area (Å²) in [6.07, 6.45) is 0. The molecule has 3 aromatic heterocycles. The summed E-state index contributed by atoms with van der Waals surface area (Å²) in [7, 11) is 0. The highest BCUT2D eigenvalue weighted by Crippen LogP contribution is 2.41. The summed E-state index contributed by atoms with van der Waals surface area (Å²) in [6.45, 7) is 0. The fourth-order valence-corrected chi connectivity index (χ4v) is 7.37. The van der Waals surface area contributed by atoms with Crippen molar-refractivity contribution < 1.29 is 0 Å². The van der Waals surface area contributed by atoms with E-state index in [-0.39, 0.29) is 0 Å². The van der Waals surface area contributed by atoms with Crippen molar-refractivity contribution >= 4 is 43.6 Å². The van der Waals surface area contributed by atoms with Crippen LogP contribution in [0.1, 0.15) is 0 Å². The molecule has 0 fully saturated rings. The molecular formula is C45H29N5. The molecule has 0 unspecified atom stereocenters. The van der Waals surface area contributed by atoms with Crippen molar-refractivity contribution in [1.82, 2.24) is 24.1 Å². The normalized spacial score (nSPS) is 11.6. The average Bonchev–Trinajstić information content (AvgIpc) is 3.71. The maximum Gasteiger partial charge on any atom is 0.238 e. The SMILES string of the molecule is c1ccc(-c2nc(-c3ccccc3)nc(-n3c4ccccc4c4cc(-c5cccc6c5c5ccccc5n6-c5ccccc5)ccc43)n2)cc1. The molecule has 0 aliphatic carbocycles. The van der Waals surface area contributed by atoms with E-state index in [0.717, 1.165) is 44.2 Å². The van der Waals surface area contributed by atoms with Crippen molar-refractivity contribution in [3.8, 4) is 45.5 Å². The minimum atomic E-state index is 0.588. The number of hydrogen-bond acceptors (Lipinski definition) is 3. The third kappa shape index (κ3) is 4.45. The lowest BCUT2D eigenvalue weighted by Crippen LogP contribution is -2.06. The maximum absolute atomic E-state index is 5.10. The quantitative estimate of drug-likeness (QED) is 0.188. The van der Waals surface area contributed by atoms with E-state index in [2.05, 4.69) is 124 Å². The summed E-state index contributed by atoms with van der Waals surface area (Å²) in [5, 5.41) is 4.76. The predicted molar refractivity (Wildman–Crippen MR) is 205 cm³/mol. The first-order valence-corrected chi connectivity index (χ1v) is 16.8. The molecule has 10 aromatic rings. The Morgan fingerprint density at radius 1 is 0.340 bits per heavy atom. The van der Waals surface area contributed by atoms with Gasteiger partial charge in [-0.25, -0.2) is 4.98 Å². The van der Waals surface area contributed by atoms with Crippen molar-refractivity contribution in [3.05, 3.63) is 176 Å². The summed E-state index contributed by atoms with van der Waals surface area (Å²) in [6, 6.07) is 61.5. The molecule has 0 amide bonds. The van der Waals surface area contributed by atoms with Gasteiger partial charge in [-0.15, -0.1) is 0 Å². The van der Waals surface area contributed by atoms with Crippen LogP contribution < -0.4 is 0 Å².